The summed E-state index contributed by atoms with van der Waals surface area (Å²) in [4.78, 5) is 17.2. The van der Waals surface area contributed by atoms with Gasteiger partial charge in [-0.15, -0.1) is 0 Å². The van der Waals surface area contributed by atoms with Gasteiger partial charge in [0.1, 0.15) is 0 Å². The van der Waals surface area contributed by atoms with Crippen molar-refractivity contribution in [3.8, 4) is 0 Å². The maximum absolute atomic E-state index is 12.1. The van der Waals surface area contributed by atoms with Crippen LogP contribution in [-0.2, 0) is 6.54 Å². The minimum atomic E-state index is 0.0921. The minimum Gasteiger partial charge on any atom is -0.282 e. The lowest BCUT2D eigenvalue weighted by Gasteiger charge is -1.96. The molecule has 0 N–H and O–H groups in total. The maximum atomic E-state index is 12.1. The van der Waals surface area contributed by atoms with Crippen LogP contribution in [0.25, 0.3) is 6.08 Å². The molecule has 0 spiro atoms. The average molecular weight is 244 g/mol. The van der Waals surface area contributed by atoms with Gasteiger partial charge in [-0.3, -0.25) is 14.4 Å². The number of hydrogen-bond acceptors (Lipinski definition) is 3. The van der Waals surface area contributed by atoms with E-state index in [1.807, 2.05) is 24.3 Å². The molecule has 0 saturated carbocycles. The Morgan fingerprint density at radius 3 is 3.00 bits per heavy atom. The fraction of sp³-hybridized carbons (Fsp3) is 0.231. The van der Waals surface area contributed by atoms with E-state index in [-0.39, 0.29) is 5.56 Å². The summed E-state index contributed by atoms with van der Waals surface area (Å²) in [6.45, 7) is 3.52. The molecule has 0 unspecified atom stereocenters. The number of fused-ring (bicyclic) bond motifs is 1. The molecule has 0 bridgehead atoms. The summed E-state index contributed by atoms with van der Waals surface area (Å²) in [5, 5.41) is 0. The summed E-state index contributed by atoms with van der Waals surface area (Å²) in [7, 11) is 0. The van der Waals surface area contributed by atoms with E-state index in [1.54, 1.807) is 4.57 Å². The number of aryl methyl sites for hydroxylation is 1. The summed E-state index contributed by atoms with van der Waals surface area (Å²) in [6.07, 6.45) is 1.96. The molecule has 1 aromatic carbocycles. The highest BCUT2D eigenvalue weighted by Crippen LogP contribution is 2.06. The van der Waals surface area contributed by atoms with Gasteiger partial charge >= 0.3 is 0 Å². The van der Waals surface area contributed by atoms with Crippen molar-refractivity contribution in [3.63, 3.8) is 0 Å². The van der Waals surface area contributed by atoms with Gasteiger partial charge in [-0.25, -0.2) is 0 Å². The molecule has 1 aromatic heterocycles. The molecule has 0 aliphatic carbocycles. The van der Waals surface area contributed by atoms with Crippen LogP contribution < -0.4 is 14.9 Å². The normalized spacial score (nSPS) is 14.8. The van der Waals surface area contributed by atoms with Crippen molar-refractivity contribution in [1.29, 1.82) is 0 Å². The van der Waals surface area contributed by atoms with E-state index in [1.165, 1.54) is 16.9 Å². The first-order chi connectivity index (χ1) is 8.25. The molecule has 86 valence electrons. The van der Waals surface area contributed by atoms with Crippen molar-refractivity contribution in [1.82, 2.24) is 4.57 Å². The van der Waals surface area contributed by atoms with Crippen LogP contribution >= 0.6 is 11.3 Å². The Bertz CT molecular complexity index is 740. The van der Waals surface area contributed by atoms with Gasteiger partial charge in [0, 0.05) is 6.54 Å². The zero-order valence-corrected chi connectivity index (χ0v) is 10.3. The monoisotopic (exact) mass is 244 g/mol. The smallest absolute Gasteiger partial charge is 0.270 e. The number of nitrogens with zero attached hydrogens (tertiary/aromatic N) is 2. The average Bonchev–Trinajstić information content (AvgIpc) is 2.87. The van der Waals surface area contributed by atoms with Gasteiger partial charge < -0.3 is 0 Å². The molecule has 0 saturated heterocycles. The van der Waals surface area contributed by atoms with E-state index in [0.29, 0.717) is 0 Å². The number of rotatable bonds is 1. The van der Waals surface area contributed by atoms with Crippen LogP contribution in [0.5, 0.6) is 0 Å². The fourth-order valence-corrected chi connectivity index (χ4v) is 2.98. The van der Waals surface area contributed by atoms with Crippen molar-refractivity contribution in [2.24, 2.45) is 4.99 Å². The zero-order valence-electron chi connectivity index (χ0n) is 9.51. The predicted molar refractivity (Wildman–Crippen MR) is 69.0 cm³/mol. The van der Waals surface area contributed by atoms with Gasteiger partial charge in [0.05, 0.1) is 11.1 Å². The SMILES string of the molecule is Cc1ccccc1/C=c1\sc2n(c1=O)CCN=2. The van der Waals surface area contributed by atoms with Crippen LogP contribution in [0.1, 0.15) is 11.1 Å². The van der Waals surface area contributed by atoms with Gasteiger partial charge in [-0.2, -0.15) is 0 Å². The van der Waals surface area contributed by atoms with Gasteiger partial charge in [0.25, 0.3) is 5.56 Å². The van der Waals surface area contributed by atoms with Gasteiger partial charge in [-0.1, -0.05) is 35.6 Å². The van der Waals surface area contributed by atoms with Gasteiger partial charge in [0.2, 0.25) is 0 Å². The Morgan fingerprint density at radius 1 is 1.41 bits per heavy atom. The highest BCUT2D eigenvalue weighted by atomic mass is 32.1. The molecule has 1 aliphatic rings. The Hall–Kier alpha value is -1.68. The standard InChI is InChI=1S/C13H12N2OS/c1-9-4-2-3-5-10(9)8-11-12(16)15-7-6-14-13(15)17-11/h2-5,8H,6-7H2,1H3/b11-8-. The molecule has 4 heteroatoms. The van der Waals surface area contributed by atoms with Crippen LogP contribution in [-0.4, -0.2) is 11.1 Å². The second-order valence-corrected chi connectivity index (χ2v) is 5.10. The number of hydrogen-bond donors (Lipinski definition) is 0. The van der Waals surface area contributed by atoms with Crippen molar-refractivity contribution in [2.45, 2.75) is 13.5 Å². The second-order valence-electron chi connectivity index (χ2n) is 4.09. The minimum absolute atomic E-state index is 0.0921. The third-order valence-corrected chi connectivity index (χ3v) is 3.98. The molecule has 1 aliphatic heterocycles. The van der Waals surface area contributed by atoms with Crippen LogP contribution in [0.3, 0.4) is 0 Å². The van der Waals surface area contributed by atoms with Crippen LogP contribution in [0.2, 0.25) is 0 Å². The molecular formula is C13H12N2OS. The summed E-state index contributed by atoms with van der Waals surface area (Å²) in [5.41, 5.74) is 2.38. The molecule has 3 nitrogen and oxygen atoms in total. The zero-order chi connectivity index (χ0) is 11.8. The van der Waals surface area contributed by atoms with Crippen molar-refractivity contribution >= 4 is 17.4 Å². The largest absolute Gasteiger partial charge is 0.282 e. The van der Waals surface area contributed by atoms with Crippen molar-refractivity contribution in [2.75, 3.05) is 6.54 Å². The lowest BCUT2D eigenvalue weighted by molar-refractivity contribution is 0.740. The maximum Gasteiger partial charge on any atom is 0.270 e. The van der Waals surface area contributed by atoms with Crippen LogP contribution in [0.4, 0.5) is 0 Å². The molecular weight excluding hydrogens is 232 g/mol. The van der Waals surface area contributed by atoms with E-state index in [9.17, 15) is 4.79 Å². The van der Waals surface area contributed by atoms with Gasteiger partial charge in [-0.05, 0) is 24.1 Å². The molecule has 2 heterocycles. The summed E-state index contributed by atoms with van der Waals surface area (Å²) < 4.78 is 2.53. The van der Waals surface area contributed by atoms with Crippen molar-refractivity contribution < 1.29 is 0 Å². The first-order valence-electron chi connectivity index (χ1n) is 5.57. The molecule has 17 heavy (non-hydrogen) atoms. The molecule has 0 amide bonds. The molecule has 3 rings (SSSR count). The van der Waals surface area contributed by atoms with E-state index in [0.717, 1.165) is 28.0 Å². The summed E-state index contributed by atoms with van der Waals surface area (Å²) in [6, 6.07) is 8.07. The Morgan fingerprint density at radius 2 is 2.24 bits per heavy atom. The summed E-state index contributed by atoms with van der Waals surface area (Å²) >= 11 is 1.48. The Balaban J connectivity index is 2.24. The van der Waals surface area contributed by atoms with E-state index >= 15 is 0 Å². The topological polar surface area (TPSA) is 34.4 Å². The van der Waals surface area contributed by atoms with Crippen LogP contribution in [0, 0.1) is 6.92 Å². The molecule has 0 atom stereocenters. The highest BCUT2D eigenvalue weighted by Gasteiger charge is 2.09. The molecule has 0 fully saturated rings. The lowest BCUT2D eigenvalue weighted by Crippen LogP contribution is -2.29. The first kappa shape index (κ1) is 10.5. The third-order valence-electron chi connectivity index (χ3n) is 2.93. The molecule has 2 aromatic rings. The highest BCUT2D eigenvalue weighted by molar-refractivity contribution is 7.07. The Labute approximate surface area is 102 Å². The number of aromatic nitrogens is 1. The van der Waals surface area contributed by atoms with E-state index in [4.69, 9.17) is 0 Å². The van der Waals surface area contributed by atoms with E-state index < -0.39 is 0 Å². The van der Waals surface area contributed by atoms with Gasteiger partial charge in [0.15, 0.2) is 4.80 Å². The third kappa shape index (κ3) is 1.74. The Kier molecular flexibility index (Phi) is 2.44. The number of thiazole rings is 1. The van der Waals surface area contributed by atoms with Crippen LogP contribution in [0.15, 0.2) is 34.1 Å². The summed E-state index contributed by atoms with van der Waals surface area (Å²) in [5.74, 6) is 0. The number of benzene rings is 1. The van der Waals surface area contributed by atoms with E-state index in [2.05, 4.69) is 18.0 Å². The second kappa shape index (κ2) is 3.96. The fourth-order valence-electron chi connectivity index (χ4n) is 1.96. The van der Waals surface area contributed by atoms with Crippen molar-refractivity contribution in [3.05, 3.63) is 55.1 Å². The molecule has 0 radical (unpaired) electrons. The quantitative estimate of drug-likeness (QED) is 0.726. The lowest BCUT2D eigenvalue weighted by atomic mass is 10.1. The predicted octanol–water partition coefficient (Wildman–Crippen LogP) is 0.680. The first-order valence-corrected chi connectivity index (χ1v) is 6.39.